The summed E-state index contributed by atoms with van der Waals surface area (Å²) in [7, 11) is 0. The lowest BCUT2D eigenvalue weighted by molar-refractivity contribution is -1.02. The average molecular weight is 453 g/mol. The van der Waals surface area contributed by atoms with Crippen LogP contribution in [-0.4, -0.2) is 62.5 Å². The number of benzene rings is 2. The number of nitrogens with zero attached hydrogens (tertiary/aromatic N) is 1. The van der Waals surface area contributed by atoms with Crippen molar-refractivity contribution in [1.29, 1.82) is 0 Å². The molecule has 0 spiro atoms. The summed E-state index contributed by atoms with van der Waals surface area (Å²) in [4.78, 5) is 29.9. The van der Waals surface area contributed by atoms with Gasteiger partial charge in [0.05, 0.1) is 13.0 Å². The van der Waals surface area contributed by atoms with Crippen molar-refractivity contribution in [2.45, 2.75) is 25.6 Å². The Kier molecular flexibility index (Phi) is 5.07. The molecule has 2 aromatic rings. The van der Waals surface area contributed by atoms with Gasteiger partial charge in [0.1, 0.15) is 32.7 Å². The van der Waals surface area contributed by atoms with Crippen LogP contribution in [0.4, 0.5) is 0 Å². The zero-order valence-corrected chi connectivity index (χ0v) is 18.3. The normalized spacial score (nSPS) is 25.7. The Balaban J connectivity index is 1.05. The fourth-order valence-electron chi connectivity index (χ4n) is 5.18. The van der Waals surface area contributed by atoms with Crippen LogP contribution in [-0.2, 0) is 22.7 Å². The molecule has 0 aromatic heterocycles. The standard InChI is InChI=1S/C24H25N3O6/c28-23-11-18(24(29)27(23)13-17-2-4-20-22(10-17)33-15-31-20)26-7-5-25(6-8-26)12-16-1-3-19-21(9-16)32-14-30-19/h1-4,9-10,18H,5-8,11-15H2/p+2/t18-/m0/s1. The maximum absolute atomic E-state index is 13.1. The number of hydrogen-bond donors (Lipinski definition) is 2. The van der Waals surface area contributed by atoms with E-state index >= 15 is 0 Å². The zero-order chi connectivity index (χ0) is 22.4. The number of quaternary nitrogens is 2. The molecule has 2 aromatic carbocycles. The highest BCUT2D eigenvalue weighted by Crippen LogP contribution is 2.33. The number of carbonyl (C=O) groups is 2. The number of rotatable bonds is 5. The van der Waals surface area contributed by atoms with Crippen molar-refractivity contribution < 1.29 is 38.3 Å². The number of carbonyl (C=O) groups excluding carboxylic acids is 2. The van der Waals surface area contributed by atoms with E-state index in [1.807, 2.05) is 24.3 Å². The monoisotopic (exact) mass is 453 g/mol. The van der Waals surface area contributed by atoms with E-state index in [0.717, 1.165) is 49.8 Å². The first-order valence-electron chi connectivity index (χ1n) is 11.4. The topological polar surface area (TPSA) is 83.2 Å². The first kappa shape index (κ1) is 20.3. The van der Waals surface area contributed by atoms with Gasteiger partial charge in [-0.15, -0.1) is 0 Å². The molecule has 2 N–H and O–H groups in total. The second-order valence-corrected chi connectivity index (χ2v) is 9.04. The number of nitrogens with one attached hydrogen (secondary N) is 2. The number of fused-ring (bicyclic) bond motifs is 2. The average Bonchev–Trinajstić information content (AvgIpc) is 3.55. The minimum absolute atomic E-state index is 0.0631. The van der Waals surface area contributed by atoms with Crippen LogP contribution < -0.4 is 28.7 Å². The Morgan fingerprint density at radius 1 is 0.788 bits per heavy atom. The largest absolute Gasteiger partial charge is 0.454 e. The van der Waals surface area contributed by atoms with Gasteiger partial charge in [0.2, 0.25) is 19.5 Å². The van der Waals surface area contributed by atoms with Gasteiger partial charge in [-0.1, -0.05) is 6.07 Å². The summed E-state index contributed by atoms with van der Waals surface area (Å²) in [5.74, 6) is 2.82. The van der Waals surface area contributed by atoms with Gasteiger partial charge in [-0.25, -0.2) is 0 Å². The van der Waals surface area contributed by atoms with Gasteiger partial charge in [-0.2, -0.15) is 0 Å². The first-order chi connectivity index (χ1) is 16.1. The third-order valence-electron chi connectivity index (χ3n) is 7.00. The van der Waals surface area contributed by atoms with Crippen LogP contribution >= 0.6 is 0 Å². The van der Waals surface area contributed by atoms with Gasteiger partial charge in [0, 0.05) is 5.56 Å². The molecule has 2 saturated heterocycles. The Labute approximate surface area is 191 Å². The van der Waals surface area contributed by atoms with Gasteiger partial charge in [-0.3, -0.25) is 14.5 Å². The fourth-order valence-corrected chi connectivity index (χ4v) is 5.18. The van der Waals surface area contributed by atoms with E-state index in [1.54, 1.807) is 0 Å². The minimum Gasteiger partial charge on any atom is -0.454 e. The predicted octanol–water partition coefficient (Wildman–Crippen LogP) is -1.24. The van der Waals surface area contributed by atoms with E-state index in [2.05, 4.69) is 12.1 Å². The Morgan fingerprint density at radius 3 is 2.09 bits per heavy atom. The molecule has 0 radical (unpaired) electrons. The molecular formula is C24H27N3O6+2. The fraction of sp³-hybridized carbons (Fsp3) is 0.417. The summed E-state index contributed by atoms with van der Waals surface area (Å²) >= 11 is 0. The van der Waals surface area contributed by atoms with Crippen molar-refractivity contribution in [2.24, 2.45) is 0 Å². The lowest BCUT2D eigenvalue weighted by Gasteiger charge is -2.32. The molecule has 0 saturated carbocycles. The smallest absolute Gasteiger partial charge is 0.288 e. The van der Waals surface area contributed by atoms with Gasteiger partial charge < -0.3 is 28.7 Å². The van der Waals surface area contributed by atoms with Gasteiger partial charge in [0.25, 0.3) is 5.91 Å². The third-order valence-corrected chi connectivity index (χ3v) is 7.00. The molecule has 9 heteroatoms. The number of amides is 2. The molecule has 9 nitrogen and oxygen atoms in total. The summed E-state index contributed by atoms with van der Waals surface area (Å²) in [5.41, 5.74) is 2.09. The second-order valence-electron chi connectivity index (χ2n) is 9.04. The lowest BCUT2D eigenvalue weighted by atomic mass is 10.1. The van der Waals surface area contributed by atoms with Crippen LogP contribution in [0.3, 0.4) is 0 Å². The highest BCUT2D eigenvalue weighted by atomic mass is 16.7. The van der Waals surface area contributed by atoms with Crippen molar-refractivity contribution >= 4 is 11.8 Å². The molecule has 4 aliphatic heterocycles. The highest BCUT2D eigenvalue weighted by molar-refractivity contribution is 6.04. The Bertz CT molecular complexity index is 1100. The highest BCUT2D eigenvalue weighted by Gasteiger charge is 2.46. The summed E-state index contributed by atoms with van der Waals surface area (Å²) < 4.78 is 21.6. The molecule has 0 bridgehead atoms. The van der Waals surface area contributed by atoms with Crippen LogP contribution in [0.2, 0.25) is 0 Å². The van der Waals surface area contributed by atoms with Crippen LogP contribution in [0, 0.1) is 0 Å². The molecule has 33 heavy (non-hydrogen) atoms. The molecular weight excluding hydrogens is 426 g/mol. The van der Waals surface area contributed by atoms with Crippen LogP contribution in [0.25, 0.3) is 0 Å². The summed E-state index contributed by atoms with van der Waals surface area (Å²) in [6.45, 7) is 5.36. The van der Waals surface area contributed by atoms with Crippen LogP contribution in [0.15, 0.2) is 36.4 Å². The summed E-state index contributed by atoms with van der Waals surface area (Å²) in [6.07, 6.45) is 0.288. The molecule has 0 aliphatic carbocycles. The molecule has 6 rings (SSSR count). The quantitative estimate of drug-likeness (QED) is 0.551. The molecule has 0 unspecified atom stereocenters. The molecule has 4 heterocycles. The predicted molar refractivity (Wildman–Crippen MR) is 114 cm³/mol. The molecule has 172 valence electrons. The van der Waals surface area contributed by atoms with Crippen molar-refractivity contribution in [3.05, 3.63) is 47.5 Å². The molecule has 2 fully saturated rings. The third kappa shape index (κ3) is 3.87. The molecule has 4 aliphatic rings. The van der Waals surface area contributed by atoms with E-state index < -0.39 is 0 Å². The zero-order valence-electron chi connectivity index (χ0n) is 18.3. The van der Waals surface area contributed by atoms with Crippen LogP contribution in [0.5, 0.6) is 23.0 Å². The number of likely N-dealkylation sites (tertiary alicyclic amines) is 1. The van der Waals surface area contributed by atoms with Gasteiger partial charge in [0.15, 0.2) is 29.0 Å². The van der Waals surface area contributed by atoms with E-state index in [4.69, 9.17) is 18.9 Å². The second kappa shape index (κ2) is 8.24. The number of piperazine rings is 1. The van der Waals surface area contributed by atoms with E-state index in [0.29, 0.717) is 11.5 Å². The van der Waals surface area contributed by atoms with Crippen molar-refractivity contribution in [1.82, 2.24) is 4.90 Å². The van der Waals surface area contributed by atoms with Crippen molar-refractivity contribution in [3.63, 3.8) is 0 Å². The molecule has 1 atom stereocenters. The van der Waals surface area contributed by atoms with E-state index in [-0.39, 0.29) is 44.4 Å². The SMILES string of the molecule is O=C1C[C@H]([NH+]2CC[NH+](Cc3ccc4c(c3)OCO4)CC2)C(=O)N1Cc1ccc2c(c1)OCO2. The Hall–Kier alpha value is -3.30. The lowest BCUT2D eigenvalue weighted by Crippen LogP contribution is -3.29. The summed E-state index contributed by atoms with van der Waals surface area (Å²) in [6, 6.07) is 11.4. The maximum atomic E-state index is 13.1. The number of ether oxygens (including phenoxy) is 4. The van der Waals surface area contributed by atoms with E-state index in [9.17, 15) is 9.59 Å². The first-order valence-corrected chi connectivity index (χ1v) is 11.4. The summed E-state index contributed by atoms with van der Waals surface area (Å²) in [5, 5.41) is 0. The minimum atomic E-state index is -0.279. The van der Waals surface area contributed by atoms with Crippen LogP contribution in [0.1, 0.15) is 17.5 Å². The van der Waals surface area contributed by atoms with Crippen molar-refractivity contribution in [2.75, 3.05) is 39.8 Å². The number of imide groups is 1. The van der Waals surface area contributed by atoms with Gasteiger partial charge >= 0.3 is 0 Å². The Morgan fingerprint density at radius 2 is 1.39 bits per heavy atom. The maximum Gasteiger partial charge on any atom is 0.288 e. The van der Waals surface area contributed by atoms with E-state index in [1.165, 1.54) is 20.3 Å². The molecule has 2 amide bonds. The number of hydrogen-bond acceptors (Lipinski definition) is 6. The van der Waals surface area contributed by atoms with Gasteiger partial charge in [-0.05, 0) is 35.9 Å². The van der Waals surface area contributed by atoms with Crippen molar-refractivity contribution in [3.8, 4) is 23.0 Å².